The van der Waals surface area contributed by atoms with Gasteiger partial charge in [0.2, 0.25) is 5.91 Å². The molecule has 3 heteroatoms. The Morgan fingerprint density at radius 1 is 1.50 bits per heavy atom. The van der Waals surface area contributed by atoms with Gasteiger partial charge < -0.3 is 10.3 Å². The molecule has 0 aliphatic rings. The van der Waals surface area contributed by atoms with Gasteiger partial charge in [0.25, 0.3) is 0 Å². The fourth-order valence-corrected chi connectivity index (χ4v) is 2.01. The molecule has 0 aromatic carbocycles. The summed E-state index contributed by atoms with van der Waals surface area (Å²) in [6.07, 6.45) is 0.340. The van der Waals surface area contributed by atoms with Crippen molar-refractivity contribution in [1.82, 2.24) is 4.57 Å². The van der Waals surface area contributed by atoms with Crippen LogP contribution in [0.3, 0.4) is 0 Å². The molecular weight excluding hydrogens is 176 g/mol. The molecule has 3 nitrogen and oxygen atoms in total. The number of primary amides is 1. The van der Waals surface area contributed by atoms with Gasteiger partial charge in [-0.25, -0.2) is 0 Å². The molecule has 0 saturated carbocycles. The van der Waals surface area contributed by atoms with Crippen molar-refractivity contribution in [2.45, 2.75) is 40.2 Å². The van der Waals surface area contributed by atoms with E-state index < -0.39 is 0 Å². The van der Waals surface area contributed by atoms with E-state index in [1.54, 1.807) is 0 Å². The fraction of sp³-hybridized carbons (Fsp3) is 0.545. The molecule has 0 unspecified atom stereocenters. The smallest absolute Gasteiger partial charge is 0.221 e. The van der Waals surface area contributed by atoms with Crippen LogP contribution < -0.4 is 5.73 Å². The summed E-state index contributed by atoms with van der Waals surface area (Å²) in [5.41, 5.74) is 8.56. The lowest BCUT2D eigenvalue weighted by molar-refractivity contribution is -0.117. The lowest BCUT2D eigenvalue weighted by Gasteiger charge is -2.13. The molecule has 1 aromatic heterocycles. The highest BCUT2D eigenvalue weighted by atomic mass is 16.1. The number of rotatable bonds is 3. The van der Waals surface area contributed by atoms with Gasteiger partial charge >= 0.3 is 0 Å². The molecule has 0 aliphatic carbocycles. The number of hydrogen-bond acceptors (Lipinski definition) is 1. The zero-order chi connectivity index (χ0) is 10.9. The van der Waals surface area contributed by atoms with Crippen molar-refractivity contribution >= 4 is 5.91 Å². The zero-order valence-corrected chi connectivity index (χ0v) is 9.29. The lowest BCUT2D eigenvalue weighted by Crippen LogP contribution is -2.14. The monoisotopic (exact) mass is 194 g/mol. The van der Waals surface area contributed by atoms with Crippen LogP contribution in [0, 0.1) is 13.8 Å². The SMILES string of the molecule is Cc1cc(CC(N)=O)c(C)n1C(C)C. The van der Waals surface area contributed by atoms with Crippen LogP contribution in [0.2, 0.25) is 0 Å². The van der Waals surface area contributed by atoms with Crippen LogP contribution in [-0.4, -0.2) is 10.5 Å². The van der Waals surface area contributed by atoms with E-state index in [1.165, 1.54) is 5.69 Å². The minimum absolute atomic E-state index is 0.269. The summed E-state index contributed by atoms with van der Waals surface area (Å²) in [7, 11) is 0. The molecule has 0 aliphatic heterocycles. The van der Waals surface area contributed by atoms with E-state index in [1.807, 2.05) is 13.0 Å². The number of nitrogens with zero attached hydrogens (tertiary/aromatic N) is 1. The van der Waals surface area contributed by atoms with E-state index in [2.05, 4.69) is 25.3 Å². The summed E-state index contributed by atoms with van der Waals surface area (Å²) in [5.74, 6) is -0.269. The van der Waals surface area contributed by atoms with Crippen LogP contribution in [0.5, 0.6) is 0 Å². The molecule has 1 aromatic rings. The number of aryl methyl sites for hydroxylation is 1. The van der Waals surface area contributed by atoms with Gasteiger partial charge in [-0.1, -0.05) is 0 Å². The van der Waals surface area contributed by atoms with E-state index in [4.69, 9.17) is 5.73 Å². The molecule has 1 amide bonds. The maximum absolute atomic E-state index is 10.8. The van der Waals surface area contributed by atoms with Crippen LogP contribution in [0.4, 0.5) is 0 Å². The average Bonchev–Trinajstić information content (AvgIpc) is 2.25. The van der Waals surface area contributed by atoms with Gasteiger partial charge in [0, 0.05) is 17.4 Å². The van der Waals surface area contributed by atoms with Gasteiger partial charge in [-0.05, 0) is 39.3 Å². The van der Waals surface area contributed by atoms with Crippen LogP contribution >= 0.6 is 0 Å². The standard InChI is InChI=1S/C11H18N2O/c1-7(2)13-8(3)5-10(9(13)4)6-11(12)14/h5,7H,6H2,1-4H3,(H2,12,14). The lowest BCUT2D eigenvalue weighted by atomic mass is 10.2. The Labute approximate surface area is 84.9 Å². The third-order valence-electron chi connectivity index (χ3n) is 2.47. The summed E-state index contributed by atoms with van der Waals surface area (Å²) in [5, 5.41) is 0. The second-order valence-corrected chi connectivity index (χ2v) is 4.00. The molecule has 0 fully saturated rings. The maximum atomic E-state index is 10.8. The second-order valence-electron chi connectivity index (χ2n) is 4.00. The van der Waals surface area contributed by atoms with Crippen LogP contribution in [0.15, 0.2) is 6.07 Å². The molecule has 0 saturated heterocycles. The van der Waals surface area contributed by atoms with Crippen LogP contribution in [0.1, 0.15) is 36.8 Å². The molecule has 1 heterocycles. The summed E-state index contributed by atoms with van der Waals surface area (Å²) in [6.45, 7) is 8.35. The zero-order valence-electron chi connectivity index (χ0n) is 9.29. The third kappa shape index (κ3) is 1.97. The first-order valence-corrected chi connectivity index (χ1v) is 4.89. The predicted molar refractivity (Wildman–Crippen MR) is 57.2 cm³/mol. The Kier molecular flexibility index (Phi) is 2.99. The van der Waals surface area contributed by atoms with Crippen molar-refractivity contribution < 1.29 is 4.79 Å². The number of hydrogen-bond donors (Lipinski definition) is 1. The van der Waals surface area contributed by atoms with E-state index in [-0.39, 0.29) is 5.91 Å². The topological polar surface area (TPSA) is 48.0 Å². The molecule has 0 spiro atoms. The highest BCUT2D eigenvalue weighted by Crippen LogP contribution is 2.20. The molecular formula is C11H18N2O. The summed E-state index contributed by atoms with van der Waals surface area (Å²) in [4.78, 5) is 10.8. The van der Waals surface area contributed by atoms with Crippen LogP contribution in [0.25, 0.3) is 0 Å². The first-order valence-electron chi connectivity index (χ1n) is 4.89. The average molecular weight is 194 g/mol. The Morgan fingerprint density at radius 2 is 2.07 bits per heavy atom. The molecule has 78 valence electrons. The largest absolute Gasteiger partial charge is 0.369 e. The molecule has 0 radical (unpaired) electrons. The van der Waals surface area contributed by atoms with Crippen molar-refractivity contribution in [2.75, 3.05) is 0 Å². The van der Waals surface area contributed by atoms with Crippen LogP contribution in [-0.2, 0) is 11.2 Å². The van der Waals surface area contributed by atoms with Crippen molar-refractivity contribution in [3.05, 3.63) is 23.0 Å². The number of amides is 1. The van der Waals surface area contributed by atoms with Gasteiger partial charge in [0.1, 0.15) is 0 Å². The van der Waals surface area contributed by atoms with E-state index in [9.17, 15) is 4.79 Å². The van der Waals surface area contributed by atoms with E-state index in [0.717, 1.165) is 11.3 Å². The molecule has 0 bridgehead atoms. The Balaban J connectivity index is 3.10. The second kappa shape index (κ2) is 3.86. The Morgan fingerprint density at radius 3 is 2.43 bits per heavy atom. The predicted octanol–water partition coefficient (Wildman–Crippen LogP) is 1.71. The van der Waals surface area contributed by atoms with Gasteiger partial charge in [0.15, 0.2) is 0 Å². The van der Waals surface area contributed by atoms with Gasteiger partial charge in [0.05, 0.1) is 6.42 Å². The first-order chi connectivity index (χ1) is 6.43. The third-order valence-corrected chi connectivity index (χ3v) is 2.47. The highest BCUT2D eigenvalue weighted by Gasteiger charge is 2.12. The first kappa shape index (κ1) is 10.8. The van der Waals surface area contributed by atoms with Gasteiger partial charge in [-0.15, -0.1) is 0 Å². The number of nitrogens with two attached hydrogens (primary N) is 1. The van der Waals surface area contributed by atoms with Crippen molar-refractivity contribution in [3.63, 3.8) is 0 Å². The summed E-state index contributed by atoms with van der Waals surface area (Å²) >= 11 is 0. The quantitative estimate of drug-likeness (QED) is 0.782. The van der Waals surface area contributed by atoms with Gasteiger partial charge in [-0.3, -0.25) is 4.79 Å². The van der Waals surface area contributed by atoms with Gasteiger partial charge in [-0.2, -0.15) is 0 Å². The van der Waals surface area contributed by atoms with Crippen molar-refractivity contribution in [1.29, 1.82) is 0 Å². The normalized spacial score (nSPS) is 10.9. The van der Waals surface area contributed by atoms with E-state index >= 15 is 0 Å². The number of carbonyl (C=O) groups is 1. The molecule has 14 heavy (non-hydrogen) atoms. The molecule has 2 N–H and O–H groups in total. The minimum Gasteiger partial charge on any atom is -0.369 e. The minimum atomic E-state index is -0.269. The van der Waals surface area contributed by atoms with E-state index in [0.29, 0.717) is 12.5 Å². The molecule has 1 rings (SSSR count). The highest BCUT2D eigenvalue weighted by molar-refractivity contribution is 5.77. The van der Waals surface area contributed by atoms with Crippen molar-refractivity contribution in [2.24, 2.45) is 5.73 Å². The maximum Gasteiger partial charge on any atom is 0.221 e. The summed E-state index contributed by atoms with van der Waals surface area (Å²) in [6, 6.07) is 2.47. The molecule has 0 atom stereocenters. The Hall–Kier alpha value is -1.25. The summed E-state index contributed by atoms with van der Waals surface area (Å²) < 4.78 is 2.22. The fourth-order valence-electron chi connectivity index (χ4n) is 2.01. The number of aromatic nitrogens is 1. The number of carbonyl (C=O) groups excluding carboxylic acids is 1. The van der Waals surface area contributed by atoms with Crippen molar-refractivity contribution in [3.8, 4) is 0 Å². The Bertz CT molecular complexity index is 350.